The van der Waals surface area contributed by atoms with E-state index < -0.39 is 6.10 Å². The molecule has 1 heterocycles. The third kappa shape index (κ3) is 6.86. The molecule has 0 aromatic heterocycles. The van der Waals surface area contributed by atoms with Crippen molar-refractivity contribution in [2.24, 2.45) is 0 Å². The number of benzene rings is 1. The highest BCUT2D eigenvalue weighted by atomic mass is 16.5. The molecule has 2 rings (SSSR count). The molecule has 1 amide bonds. The molecule has 0 saturated carbocycles. The zero-order chi connectivity index (χ0) is 17.2. The van der Waals surface area contributed by atoms with Crippen molar-refractivity contribution in [3.8, 4) is 5.75 Å². The summed E-state index contributed by atoms with van der Waals surface area (Å²) >= 11 is 0. The highest BCUT2D eigenvalue weighted by Crippen LogP contribution is 2.16. The van der Waals surface area contributed by atoms with E-state index in [0.29, 0.717) is 13.0 Å². The SMILES string of the molecule is COc1ccc(COCC(O)CNC(=O)CCC2CCCO2)cc1. The number of ether oxygens (including phenoxy) is 3. The zero-order valence-electron chi connectivity index (χ0n) is 14.2. The van der Waals surface area contributed by atoms with E-state index in [1.807, 2.05) is 24.3 Å². The van der Waals surface area contributed by atoms with Crippen molar-refractivity contribution in [2.45, 2.75) is 44.5 Å². The van der Waals surface area contributed by atoms with Gasteiger partial charge in [-0.25, -0.2) is 0 Å². The number of methoxy groups -OCH3 is 1. The van der Waals surface area contributed by atoms with E-state index in [1.54, 1.807) is 7.11 Å². The Balaban J connectivity index is 1.53. The van der Waals surface area contributed by atoms with Crippen LogP contribution in [0.3, 0.4) is 0 Å². The fourth-order valence-corrected chi connectivity index (χ4v) is 2.58. The van der Waals surface area contributed by atoms with Crippen molar-refractivity contribution >= 4 is 5.91 Å². The van der Waals surface area contributed by atoms with Crippen LogP contribution in [-0.2, 0) is 20.9 Å². The number of aliphatic hydroxyl groups is 1. The molecule has 6 heteroatoms. The van der Waals surface area contributed by atoms with Crippen molar-refractivity contribution in [1.29, 1.82) is 0 Å². The van der Waals surface area contributed by atoms with E-state index in [9.17, 15) is 9.90 Å². The molecule has 6 nitrogen and oxygen atoms in total. The Hall–Kier alpha value is -1.63. The molecular weight excluding hydrogens is 310 g/mol. The lowest BCUT2D eigenvalue weighted by molar-refractivity contribution is -0.122. The molecule has 2 unspecified atom stereocenters. The van der Waals surface area contributed by atoms with Gasteiger partial charge in [-0.15, -0.1) is 0 Å². The summed E-state index contributed by atoms with van der Waals surface area (Å²) < 4.78 is 16.0. The van der Waals surface area contributed by atoms with Crippen LogP contribution in [0.4, 0.5) is 0 Å². The van der Waals surface area contributed by atoms with Crippen LogP contribution in [0.25, 0.3) is 0 Å². The van der Waals surface area contributed by atoms with Crippen molar-refractivity contribution in [1.82, 2.24) is 5.32 Å². The third-order valence-corrected chi connectivity index (χ3v) is 3.99. The van der Waals surface area contributed by atoms with E-state index in [2.05, 4.69) is 5.32 Å². The van der Waals surface area contributed by atoms with Crippen molar-refractivity contribution in [2.75, 3.05) is 26.9 Å². The topological polar surface area (TPSA) is 77.0 Å². The lowest BCUT2D eigenvalue weighted by Crippen LogP contribution is -2.34. The molecule has 0 aliphatic carbocycles. The maximum atomic E-state index is 11.7. The zero-order valence-corrected chi connectivity index (χ0v) is 14.2. The van der Waals surface area contributed by atoms with Crippen molar-refractivity contribution < 1.29 is 24.1 Å². The molecule has 2 atom stereocenters. The predicted octanol–water partition coefficient (Wildman–Crippen LogP) is 1.65. The lowest BCUT2D eigenvalue weighted by atomic mass is 10.1. The summed E-state index contributed by atoms with van der Waals surface area (Å²) in [6.07, 6.45) is 2.80. The Morgan fingerprint density at radius 2 is 2.21 bits per heavy atom. The lowest BCUT2D eigenvalue weighted by Gasteiger charge is -2.13. The number of hydrogen-bond acceptors (Lipinski definition) is 5. The molecule has 2 N–H and O–H groups in total. The fraction of sp³-hybridized carbons (Fsp3) is 0.611. The number of rotatable bonds is 10. The number of aliphatic hydroxyl groups excluding tert-OH is 1. The third-order valence-electron chi connectivity index (χ3n) is 3.99. The van der Waals surface area contributed by atoms with E-state index in [4.69, 9.17) is 14.2 Å². The normalized spacial score (nSPS) is 18.3. The summed E-state index contributed by atoms with van der Waals surface area (Å²) in [5.74, 6) is 0.740. The van der Waals surface area contributed by atoms with Gasteiger partial charge in [-0.05, 0) is 37.0 Å². The molecule has 134 valence electrons. The Labute approximate surface area is 143 Å². The smallest absolute Gasteiger partial charge is 0.220 e. The summed E-state index contributed by atoms with van der Waals surface area (Å²) in [5.41, 5.74) is 1.00. The number of nitrogens with one attached hydrogen (secondary N) is 1. The number of amides is 1. The average Bonchev–Trinajstić information content (AvgIpc) is 3.12. The van der Waals surface area contributed by atoms with Gasteiger partial charge in [-0.2, -0.15) is 0 Å². The van der Waals surface area contributed by atoms with Gasteiger partial charge in [0.1, 0.15) is 5.75 Å². The van der Waals surface area contributed by atoms with E-state index >= 15 is 0 Å². The predicted molar refractivity (Wildman–Crippen MR) is 89.9 cm³/mol. The minimum Gasteiger partial charge on any atom is -0.497 e. The Bertz CT molecular complexity index is 485. The van der Waals surface area contributed by atoms with Crippen LogP contribution in [0, 0.1) is 0 Å². The maximum Gasteiger partial charge on any atom is 0.220 e. The van der Waals surface area contributed by atoms with E-state index in [-0.39, 0.29) is 25.2 Å². The molecule has 0 bridgehead atoms. The minimum atomic E-state index is -0.713. The van der Waals surface area contributed by atoms with Gasteiger partial charge in [0.05, 0.1) is 32.5 Å². The molecule has 1 aliphatic rings. The highest BCUT2D eigenvalue weighted by molar-refractivity contribution is 5.75. The summed E-state index contributed by atoms with van der Waals surface area (Å²) in [7, 11) is 1.62. The second kappa shape index (κ2) is 10.3. The summed E-state index contributed by atoms with van der Waals surface area (Å²) in [6, 6.07) is 7.56. The van der Waals surface area contributed by atoms with Crippen LogP contribution in [0.5, 0.6) is 5.75 Å². The Morgan fingerprint density at radius 1 is 1.42 bits per heavy atom. The molecule has 1 aromatic carbocycles. The van der Waals surface area contributed by atoms with Gasteiger partial charge < -0.3 is 24.6 Å². The first-order valence-electron chi connectivity index (χ1n) is 8.44. The first kappa shape index (κ1) is 18.7. The number of carbonyl (C=O) groups is 1. The quantitative estimate of drug-likeness (QED) is 0.679. The van der Waals surface area contributed by atoms with Crippen LogP contribution >= 0.6 is 0 Å². The molecular formula is C18H27NO5. The Morgan fingerprint density at radius 3 is 2.88 bits per heavy atom. The van der Waals surface area contributed by atoms with Crippen LogP contribution in [0.1, 0.15) is 31.2 Å². The van der Waals surface area contributed by atoms with Gasteiger partial charge in [0, 0.05) is 19.6 Å². The molecule has 1 aliphatic heterocycles. The fourth-order valence-electron chi connectivity index (χ4n) is 2.58. The first-order chi connectivity index (χ1) is 11.7. The second-order valence-electron chi connectivity index (χ2n) is 5.99. The van der Waals surface area contributed by atoms with Gasteiger partial charge in [-0.3, -0.25) is 4.79 Å². The largest absolute Gasteiger partial charge is 0.497 e. The van der Waals surface area contributed by atoms with Crippen LogP contribution in [-0.4, -0.2) is 50.1 Å². The van der Waals surface area contributed by atoms with E-state index in [1.165, 1.54) is 0 Å². The number of hydrogen-bond donors (Lipinski definition) is 2. The van der Waals surface area contributed by atoms with Gasteiger partial charge in [-0.1, -0.05) is 12.1 Å². The maximum absolute atomic E-state index is 11.7. The monoisotopic (exact) mass is 337 g/mol. The van der Waals surface area contributed by atoms with Gasteiger partial charge in [0.15, 0.2) is 0 Å². The molecule has 0 spiro atoms. The molecule has 24 heavy (non-hydrogen) atoms. The van der Waals surface area contributed by atoms with Crippen LogP contribution in [0.2, 0.25) is 0 Å². The van der Waals surface area contributed by atoms with Crippen LogP contribution < -0.4 is 10.1 Å². The first-order valence-corrected chi connectivity index (χ1v) is 8.44. The highest BCUT2D eigenvalue weighted by Gasteiger charge is 2.17. The van der Waals surface area contributed by atoms with E-state index in [0.717, 1.165) is 37.2 Å². The van der Waals surface area contributed by atoms with Crippen molar-refractivity contribution in [3.05, 3.63) is 29.8 Å². The molecule has 1 aromatic rings. The van der Waals surface area contributed by atoms with Gasteiger partial charge in [0.25, 0.3) is 0 Å². The Kier molecular flexibility index (Phi) is 8.01. The van der Waals surface area contributed by atoms with Crippen LogP contribution in [0.15, 0.2) is 24.3 Å². The molecule has 1 saturated heterocycles. The van der Waals surface area contributed by atoms with Gasteiger partial charge in [0.2, 0.25) is 5.91 Å². The molecule has 1 fully saturated rings. The summed E-state index contributed by atoms with van der Waals surface area (Å²) in [5, 5.41) is 12.6. The standard InChI is InChI=1S/C18H27NO5/c1-22-16-6-4-14(5-7-16)12-23-13-15(20)11-19-18(21)9-8-17-3-2-10-24-17/h4-7,15,17,20H,2-3,8-13H2,1H3,(H,19,21). The van der Waals surface area contributed by atoms with Crippen molar-refractivity contribution in [3.63, 3.8) is 0 Å². The summed E-state index contributed by atoms with van der Waals surface area (Å²) in [6.45, 7) is 1.59. The summed E-state index contributed by atoms with van der Waals surface area (Å²) in [4.78, 5) is 11.7. The number of carbonyl (C=O) groups excluding carboxylic acids is 1. The molecule has 0 radical (unpaired) electrons. The minimum absolute atomic E-state index is 0.0558. The second-order valence-corrected chi connectivity index (χ2v) is 5.99. The average molecular weight is 337 g/mol. The van der Waals surface area contributed by atoms with Gasteiger partial charge >= 0.3 is 0 Å².